The summed E-state index contributed by atoms with van der Waals surface area (Å²) >= 11 is 0. The van der Waals surface area contributed by atoms with Gasteiger partial charge in [0.2, 0.25) is 5.91 Å². The number of carbonyl (C=O) groups is 1. The zero-order chi connectivity index (χ0) is 18.9. The summed E-state index contributed by atoms with van der Waals surface area (Å²) in [6.07, 6.45) is 0.921. The van der Waals surface area contributed by atoms with Crippen LogP contribution >= 0.6 is 12.4 Å². The number of aryl methyl sites for hydroxylation is 1. The predicted molar refractivity (Wildman–Crippen MR) is 112 cm³/mol. The Hall–Kier alpha value is -1.89. The van der Waals surface area contributed by atoms with Gasteiger partial charge in [-0.15, -0.1) is 12.4 Å². The van der Waals surface area contributed by atoms with Gasteiger partial charge in [-0.1, -0.05) is 32.0 Å². The van der Waals surface area contributed by atoms with E-state index in [-0.39, 0.29) is 29.8 Å². The van der Waals surface area contributed by atoms with E-state index in [1.165, 1.54) is 0 Å². The van der Waals surface area contributed by atoms with Gasteiger partial charge in [-0.2, -0.15) is 5.10 Å². The average molecular weight is 392 g/mol. The Labute approximate surface area is 167 Å². The number of amides is 1. The fourth-order valence-corrected chi connectivity index (χ4v) is 3.65. The second kappa shape index (κ2) is 8.42. The van der Waals surface area contributed by atoms with E-state index < -0.39 is 0 Å². The van der Waals surface area contributed by atoms with E-state index >= 15 is 0 Å². The molecule has 2 heterocycles. The van der Waals surface area contributed by atoms with Gasteiger partial charge in [0.1, 0.15) is 0 Å². The number of benzene rings is 1. The molecule has 1 unspecified atom stereocenters. The quantitative estimate of drug-likeness (QED) is 0.840. The summed E-state index contributed by atoms with van der Waals surface area (Å²) in [5, 5.41) is 7.64. The Balaban J connectivity index is 0.00000261. The molecule has 1 saturated heterocycles. The molecular formula is C20H30ClN5O. The van der Waals surface area contributed by atoms with E-state index in [0.29, 0.717) is 6.54 Å². The highest BCUT2D eigenvalue weighted by atomic mass is 35.5. The molecule has 1 aliphatic heterocycles. The summed E-state index contributed by atoms with van der Waals surface area (Å²) in [6, 6.07) is 10.1. The molecule has 0 spiro atoms. The number of hydrogen-bond acceptors (Lipinski definition) is 4. The fraction of sp³-hybridized carbons (Fsp3) is 0.500. The van der Waals surface area contributed by atoms with Crippen molar-refractivity contribution >= 4 is 24.0 Å². The molecule has 1 amide bonds. The third-order valence-electron chi connectivity index (χ3n) is 5.31. The smallest absolute Gasteiger partial charge is 0.238 e. The first-order chi connectivity index (χ1) is 12.3. The van der Waals surface area contributed by atoms with Gasteiger partial charge in [0.05, 0.1) is 29.3 Å². The van der Waals surface area contributed by atoms with Crippen molar-refractivity contribution in [3.63, 3.8) is 0 Å². The van der Waals surface area contributed by atoms with Crippen LogP contribution in [0.1, 0.15) is 31.7 Å². The van der Waals surface area contributed by atoms with Crippen LogP contribution in [-0.2, 0) is 4.79 Å². The van der Waals surface area contributed by atoms with Crippen molar-refractivity contribution in [1.82, 2.24) is 14.7 Å². The first-order valence-electron chi connectivity index (χ1n) is 9.17. The van der Waals surface area contributed by atoms with Gasteiger partial charge in [-0.3, -0.25) is 9.69 Å². The van der Waals surface area contributed by atoms with Crippen molar-refractivity contribution in [3.05, 3.63) is 41.7 Å². The summed E-state index contributed by atoms with van der Waals surface area (Å²) in [6.45, 7) is 10.3. The summed E-state index contributed by atoms with van der Waals surface area (Å²) in [5.41, 5.74) is 9.76. The number of hydrogen-bond donors (Lipinski definition) is 2. The van der Waals surface area contributed by atoms with Gasteiger partial charge in [0.25, 0.3) is 0 Å². The maximum Gasteiger partial charge on any atom is 0.238 e. The summed E-state index contributed by atoms with van der Waals surface area (Å²) in [7, 11) is 0. The van der Waals surface area contributed by atoms with Crippen LogP contribution in [0.3, 0.4) is 0 Å². The van der Waals surface area contributed by atoms with Gasteiger partial charge < -0.3 is 11.1 Å². The van der Waals surface area contributed by atoms with Crippen molar-refractivity contribution in [2.45, 2.75) is 40.2 Å². The Bertz CT molecular complexity index is 787. The monoisotopic (exact) mass is 391 g/mol. The Morgan fingerprint density at radius 3 is 2.59 bits per heavy atom. The molecule has 148 valence electrons. The minimum absolute atomic E-state index is 0. The SMILES string of the molecule is Cc1nn(-c2ccccc2)c(C)c1NC(=O)CN1CCC(N)C(C)(C)C1.Cl. The molecule has 1 aromatic carbocycles. The lowest BCUT2D eigenvalue weighted by atomic mass is 9.80. The third-order valence-corrected chi connectivity index (χ3v) is 5.31. The van der Waals surface area contributed by atoms with E-state index in [0.717, 1.165) is 42.3 Å². The molecule has 1 fully saturated rings. The minimum Gasteiger partial charge on any atom is -0.327 e. The molecule has 3 rings (SSSR count). The van der Waals surface area contributed by atoms with Gasteiger partial charge >= 0.3 is 0 Å². The van der Waals surface area contributed by atoms with Crippen LogP contribution in [0.25, 0.3) is 5.69 Å². The summed E-state index contributed by atoms with van der Waals surface area (Å²) in [4.78, 5) is 14.8. The van der Waals surface area contributed by atoms with Crippen LogP contribution < -0.4 is 11.1 Å². The van der Waals surface area contributed by atoms with E-state index in [1.807, 2.05) is 48.9 Å². The average Bonchev–Trinajstić information content (AvgIpc) is 2.87. The highest BCUT2D eigenvalue weighted by Gasteiger charge is 2.34. The van der Waals surface area contributed by atoms with Crippen LogP contribution in [-0.4, -0.2) is 46.3 Å². The normalized spacial score (nSPS) is 19.4. The molecule has 1 atom stereocenters. The molecule has 2 aromatic rings. The standard InChI is InChI=1S/C20H29N5O.ClH/c1-14-19(15(2)25(23-14)16-8-6-5-7-9-16)22-18(26)12-24-11-10-17(21)20(3,4)13-24;/h5-9,17H,10-13,21H2,1-4H3,(H,22,26);1H. The largest absolute Gasteiger partial charge is 0.327 e. The highest BCUT2D eigenvalue weighted by molar-refractivity contribution is 5.93. The summed E-state index contributed by atoms with van der Waals surface area (Å²) in [5.74, 6) is -0.00455. The number of anilines is 1. The molecule has 0 bridgehead atoms. The van der Waals surface area contributed by atoms with E-state index in [1.54, 1.807) is 0 Å². The van der Waals surface area contributed by atoms with Crippen molar-refractivity contribution in [3.8, 4) is 5.69 Å². The number of piperidine rings is 1. The molecule has 3 N–H and O–H groups in total. The molecule has 6 nitrogen and oxygen atoms in total. The van der Waals surface area contributed by atoms with Gasteiger partial charge in [0, 0.05) is 19.1 Å². The second-order valence-corrected chi connectivity index (χ2v) is 7.94. The fourth-order valence-electron chi connectivity index (χ4n) is 3.65. The maximum atomic E-state index is 12.6. The van der Waals surface area contributed by atoms with E-state index in [4.69, 9.17) is 5.73 Å². The second-order valence-electron chi connectivity index (χ2n) is 7.94. The molecule has 7 heteroatoms. The van der Waals surface area contributed by atoms with Gasteiger partial charge in [-0.25, -0.2) is 4.68 Å². The van der Waals surface area contributed by atoms with Crippen LogP contribution in [0.15, 0.2) is 30.3 Å². The third kappa shape index (κ3) is 4.69. The van der Waals surface area contributed by atoms with E-state index in [9.17, 15) is 4.79 Å². The van der Waals surface area contributed by atoms with E-state index in [2.05, 4.69) is 29.2 Å². The number of nitrogens with two attached hydrogens (primary N) is 1. The number of carbonyl (C=O) groups excluding carboxylic acids is 1. The van der Waals surface area contributed by atoms with Crippen LogP contribution in [0.5, 0.6) is 0 Å². The number of nitrogens with zero attached hydrogens (tertiary/aromatic N) is 3. The Morgan fingerprint density at radius 1 is 1.30 bits per heavy atom. The van der Waals surface area contributed by atoms with Crippen LogP contribution in [0.4, 0.5) is 5.69 Å². The molecule has 0 saturated carbocycles. The number of nitrogens with one attached hydrogen (secondary N) is 1. The number of aromatic nitrogens is 2. The highest BCUT2D eigenvalue weighted by Crippen LogP contribution is 2.28. The van der Waals surface area contributed by atoms with Crippen molar-refractivity contribution in [1.29, 1.82) is 0 Å². The molecule has 1 aromatic heterocycles. The maximum absolute atomic E-state index is 12.6. The number of halogens is 1. The van der Waals surface area contributed by atoms with Crippen LogP contribution in [0.2, 0.25) is 0 Å². The number of likely N-dealkylation sites (tertiary alicyclic amines) is 1. The minimum atomic E-state index is -0.00455. The molecular weight excluding hydrogens is 362 g/mol. The zero-order valence-corrected chi connectivity index (χ0v) is 17.3. The van der Waals surface area contributed by atoms with Gasteiger partial charge in [-0.05, 0) is 37.8 Å². The molecule has 1 aliphatic rings. The zero-order valence-electron chi connectivity index (χ0n) is 16.5. The lowest BCUT2D eigenvalue weighted by Crippen LogP contribution is -2.53. The van der Waals surface area contributed by atoms with Crippen molar-refractivity contribution in [2.75, 3.05) is 25.0 Å². The molecule has 0 radical (unpaired) electrons. The molecule has 27 heavy (non-hydrogen) atoms. The van der Waals surface area contributed by atoms with Gasteiger partial charge in [0.15, 0.2) is 0 Å². The van der Waals surface area contributed by atoms with Crippen molar-refractivity contribution in [2.24, 2.45) is 11.1 Å². The lowest BCUT2D eigenvalue weighted by Gasteiger charge is -2.42. The first-order valence-corrected chi connectivity index (χ1v) is 9.17. The Kier molecular flexibility index (Phi) is 6.68. The lowest BCUT2D eigenvalue weighted by molar-refractivity contribution is -0.118. The van der Waals surface area contributed by atoms with Crippen molar-refractivity contribution < 1.29 is 4.79 Å². The number of rotatable bonds is 4. The predicted octanol–water partition coefficient (Wildman–Crippen LogP) is 2.91. The first kappa shape index (κ1) is 21.4. The van der Waals surface area contributed by atoms with Crippen LogP contribution in [0, 0.1) is 19.3 Å². The number of para-hydroxylation sites is 1. The topological polar surface area (TPSA) is 76.2 Å². The summed E-state index contributed by atoms with van der Waals surface area (Å²) < 4.78 is 1.87. The molecule has 0 aliphatic carbocycles. The Morgan fingerprint density at radius 2 is 1.96 bits per heavy atom.